The molecule has 12 heteroatoms. The molecular formula is C33H28F2N6O3S. The second kappa shape index (κ2) is 11.6. The maximum Gasteiger partial charge on any atom is 0.261 e. The number of thiophene rings is 1. The molecule has 1 atom stereocenters. The van der Waals surface area contributed by atoms with Gasteiger partial charge in [-0.25, -0.2) is 8.78 Å². The van der Waals surface area contributed by atoms with Gasteiger partial charge < -0.3 is 14.6 Å². The van der Waals surface area contributed by atoms with Gasteiger partial charge in [0.05, 0.1) is 33.4 Å². The first kappa shape index (κ1) is 28.9. The van der Waals surface area contributed by atoms with Gasteiger partial charge >= 0.3 is 0 Å². The van der Waals surface area contributed by atoms with E-state index in [1.807, 2.05) is 36.2 Å². The summed E-state index contributed by atoms with van der Waals surface area (Å²) >= 11 is 1.23. The van der Waals surface area contributed by atoms with Crippen molar-refractivity contribution in [2.45, 2.75) is 52.1 Å². The lowest BCUT2D eigenvalue weighted by atomic mass is 9.93. The fourth-order valence-corrected chi connectivity index (χ4v) is 7.01. The van der Waals surface area contributed by atoms with E-state index in [4.69, 9.17) is 9.40 Å². The van der Waals surface area contributed by atoms with E-state index in [0.29, 0.717) is 57.3 Å². The minimum absolute atomic E-state index is 0.0214. The normalized spacial score (nSPS) is 15.4. The first-order chi connectivity index (χ1) is 21.8. The number of halogens is 2. The number of fused-ring (bicyclic) bond motifs is 3. The molecule has 2 aliphatic rings. The van der Waals surface area contributed by atoms with Crippen LogP contribution in [0.25, 0.3) is 21.9 Å². The van der Waals surface area contributed by atoms with Gasteiger partial charge in [0, 0.05) is 42.3 Å². The second-order valence-corrected chi connectivity index (χ2v) is 12.3. The molecule has 1 saturated heterocycles. The summed E-state index contributed by atoms with van der Waals surface area (Å²) in [6.45, 7) is 4.32. The van der Waals surface area contributed by atoms with Crippen LogP contribution in [0.2, 0.25) is 0 Å². The molecule has 2 aliphatic heterocycles. The van der Waals surface area contributed by atoms with Crippen LogP contribution in [-0.4, -0.2) is 43.4 Å². The lowest BCUT2D eigenvalue weighted by Crippen LogP contribution is -2.23. The van der Waals surface area contributed by atoms with Crippen molar-refractivity contribution >= 4 is 23.2 Å². The zero-order chi connectivity index (χ0) is 31.2. The zero-order valence-electron chi connectivity index (χ0n) is 24.6. The summed E-state index contributed by atoms with van der Waals surface area (Å²) in [6, 6.07) is 10.9. The Kier molecular flexibility index (Phi) is 7.44. The lowest BCUT2D eigenvalue weighted by Gasteiger charge is -2.16. The Morgan fingerprint density at radius 2 is 1.87 bits per heavy atom. The molecule has 6 heterocycles. The second-order valence-electron chi connectivity index (χ2n) is 11.3. The van der Waals surface area contributed by atoms with Crippen LogP contribution in [0.3, 0.4) is 0 Å². The van der Waals surface area contributed by atoms with Gasteiger partial charge in [-0.1, -0.05) is 12.1 Å². The van der Waals surface area contributed by atoms with E-state index in [-0.39, 0.29) is 30.3 Å². The van der Waals surface area contributed by atoms with Crippen molar-refractivity contribution in [1.82, 2.24) is 30.4 Å². The highest BCUT2D eigenvalue weighted by molar-refractivity contribution is 7.17. The van der Waals surface area contributed by atoms with Gasteiger partial charge in [-0.3, -0.25) is 19.6 Å². The van der Waals surface area contributed by atoms with E-state index in [1.54, 1.807) is 13.0 Å². The summed E-state index contributed by atoms with van der Waals surface area (Å²) < 4.78 is 33.0. The van der Waals surface area contributed by atoms with Crippen molar-refractivity contribution in [3.8, 4) is 21.9 Å². The highest BCUT2D eigenvalue weighted by Crippen LogP contribution is 2.49. The molecule has 0 saturated carbocycles. The minimum Gasteiger partial charge on any atom is -0.421 e. The number of carbonyl (C=O) groups excluding carboxylic acids is 2. The van der Waals surface area contributed by atoms with Crippen LogP contribution < -0.4 is 5.32 Å². The number of nitrogens with zero attached hydrogens (tertiary/aromatic N) is 5. The number of aryl methyl sites for hydroxylation is 4. The molecule has 1 aromatic carbocycles. The summed E-state index contributed by atoms with van der Waals surface area (Å²) in [5.41, 5.74) is 5.59. The van der Waals surface area contributed by atoms with Gasteiger partial charge in [0.15, 0.2) is 11.6 Å². The third kappa shape index (κ3) is 5.39. The summed E-state index contributed by atoms with van der Waals surface area (Å²) in [5, 5.41) is 11.2. The molecule has 9 nitrogen and oxygen atoms in total. The predicted octanol–water partition coefficient (Wildman–Crippen LogP) is 6.16. The number of rotatable bonds is 8. The van der Waals surface area contributed by atoms with E-state index in [2.05, 4.69) is 20.5 Å². The van der Waals surface area contributed by atoms with Crippen LogP contribution in [0, 0.1) is 25.5 Å². The van der Waals surface area contributed by atoms with E-state index >= 15 is 0 Å². The molecule has 0 bridgehead atoms. The number of aromatic nitrogens is 4. The third-order valence-corrected chi connectivity index (χ3v) is 9.32. The van der Waals surface area contributed by atoms with E-state index in [9.17, 15) is 18.4 Å². The molecule has 1 fully saturated rings. The monoisotopic (exact) mass is 626 g/mol. The number of carbonyl (C=O) groups is 2. The van der Waals surface area contributed by atoms with Crippen molar-refractivity contribution in [3.63, 3.8) is 0 Å². The molecule has 0 radical (unpaired) electrons. The van der Waals surface area contributed by atoms with Gasteiger partial charge in [0.1, 0.15) is 0 Å². The summed E-state index contributed by atoms with van der Waals surface area (Å²) in [4.78, 5) is 39.6. The van der Waals surface area contributed by atoms with E-state index < -0.39 is 11.6 Å². The highest BCUT2D eigenvalue weighted by atomic mass is 32.1. The van der Waals surface area contributed by atoms with Gasteiger partial charge in [-0.2, -0.15) is 0 Å². The van der Waals surface area contributed by atoms with Crippen LogP contribution in [0.4, 0.5) is 8.78 Å². The Balaban J connectivity index is 1.31. The smallest absolute Gasteiger partial charge is 0.261 e. The molecule has 5 aromatic rings. The van der Waals surface area contributed by atoms with Gasteiger partial charge in [-0.15, -0.1) is 21.5 Å². The SMILES string of the molecule is Cc1ccc(CCc2nc3c(c(-c4ccc(C(=O)NCc5ccc(F)c(F)c5)s4)c2-c2nnc(C)o2)C(=O)N2CCC[C@H]32)cn1. The van der Waals surface area contributed by atoms with Crippen LogP contribution in [0.1, 0.15) is 73.0 Å². The molecule has 0 aliphatic carbocycles. The first-order valence-electron chi connectivity index (χ1n) is 14.7. The van der Waals surface area contributed by atoms with Gasteiger partial charge in [0.25, 0.3) is 11.8 Å². The summed E-state index contributed by atoms with van der Waals surface area (Å²) in [6.07, 6.45) is 4.78. The quantitative estimate of drug-likeness (QED) is 0.220. The topological polar surface area (TPSA) is 114 Å². The average molecular weight is 627 g/mol. The number of hydrogen-bond acceptors (Lipinski definition) is 8. The lowest BCUT2D eigenvalue weighted by molar-refractivity contribution is 0.0776. The standard InChI is InChI=1S/C33H28F2N6O3S/c1-17-5-6-19(15-36-17)8-10-23-27(32-40-39-18(2)44-32)28(29-30(38-23)24-4-3-13-41(24)33(29)43)25-11-12-26(45-25)31(42)37-16-20-7-9-21(34)22(35)14-20/h5-7,9,11-12,14-15,24H,3-4,8,10,13,16H2,1-2H3,(H,37,42)/t24-/m1/s1. The number of pyridine rings is 2. The first-order valence-corrected chi connectivity index (χ1v) is 15.5. The fraction of sp³-hybridized carbons (Fsp3) is 0.273. The predicted molar refractivity (Wildman–Crippen MR) is 163 cm³/mol. The Morgan fingerprint density at radius 3 is 2.62 bits per heavy atom. The van der Waals surface area contributed by atoms with Crippen LogP contribution >= 0.6 is 11.3 Å². The van der Waals surface area contributed by atoms with Crippen LogP contribution in [0.5, 0.6) is 0 Å². The van der Waals surface area contributed by atoms with E-state index in [1.165, 1.54) is 17.4 Å². The average Bonchev–Trinajstić information content (AvgIpc) is 3.84. The van der Waals surface area contributed by atoms with Crippen LogP contribution in [-0.2, 0) is 19.4 Å². The number of benzene rings is 1. The summed E-state index contributed by atoms with van der Waals surface area (Å²) in [7, 11) is 0. The van der Waals surface area contributed by atoms with Crippen molar-refractivity contribution in [2.24, 2.45) is 0 Å². The van der Waals surface area contributed by atoms with Crippen LogP contribution in [0.15, 0.2) is 53.1 Å². The molecule has 2 amide bonds. The number of amides is 2. The van der Waals surface area contributed by atoms with Crippen molar-refractivity contribution in [3.05, 3.63) is 105 Å². The molecule has 7 rings (SSSR count). The Labute approximate surface area is 261 Å². The Morgan fingerprint density at radius 1 is 1.02 bits per heavy atom. The van der Waals surface area contributed by atoms with Crippen molar-refractivity contribution in [1.29, 1.82) is 0 Å². The van der Waals surface area contributed by atoms with E-state index in [0.717, 1.165) is 47.6 Å². The highest BCUT2D eigenvalue weighted by Gasteiger charge is 2.44. The zero-order valence-corrected chi connectivity index (χ0v) is 25.4. The maximum absolute atomic E-state index is 13.9. The molecule has 45 heavy (non-hydrogen) atoms. The minimum atomic E-state index is -0.977. The van der Waals surface area contributed by atoms with Crippen molar-refractivity contribution < 1.29 is 22.8 Å². The molecule has 4 aromatic heterocycles. The third-order valence-electron chi connectivity index (χ3n) is 8.22. The molecule has 228 valence electrons. The Hall–Kier alpha value is -4.84. The van der Waals surface area contributed by atoms with Crippen molar-refractivity contribution in [2.75, 3.05) is 6.54 Å². The molecular weight excluding hydrogens is 598 g/mol. The number of nitrogens with one attached hydrogen (secondary N) is 1. The maximum atomic E-state index is 13.9. The summed E-state index contributed by atoms with van der Waals surface area (Å²) in [5.74, 6) is -1.77. The molecule has 0 unspecified atom stereocenters. The van der Waals surface area contributed by atoms with Gasteiger partial charge in [-0.05, 0) is 74.1 Å². The fourth-order valence-electron chi connectivity index (χ4n) is 6.03. The Bertz CT molecular complexity index is 1950. The molecule has 1 N–H and O–H groups in total. The number of hydrogen-bond donors (Lipinski definition) is 1. The molecule has 0 spiro atoms. The largest absolute Gasteiger partial charge is 0.421 e. The van der Waals surface area contributed by atoms with Gasteiger partial charge in [0.2, 0.25) is 11.8 Å².